The van der Waals surface area contributed by atoms with Crippen LogP contribution in [0.2, 0.25) is 0 Å². The van der Waals surface area contributed by atoms with Crippen molar-refractivity contribution in [2.75, 3.05) is 20.7 Å². The minimum atomic E-state index is 0.219. The molecule has 0 aromatic rings. The Hall–Kier alpha value is -0.660. The van der Waals surface area contributed by atoms with Crippen molar-refractivity contribution >= 4 is 0 Å². The highest BCUT2D eigenvalue weighted by Gasteiger charge is 2.13. The molecule has 0 radical (unpaired) electrons. The molecular weight excluding hydrogens is 162 g/mol. The number of hydrogen-bond acceptors (Lipinski definition) is 2. The molecule has 0 aromatic carbocycles. The van der Waals surface area contributed by atoms with Crippen LogP contribution in [0.15, 0.2) is 11.5 Å². The van der Waals surface area contributed by atoms with Gasteiger partial charge in [0.05, 0.1) is 6.61 Å². The molecule has 0 atom stereocenters. The van der Waals surface area contributed by atoms with E-state index in [1.807, 2.05) is 19.0 Å². The SMILES string of the molecule is CC(C)=C(OCC(C)(C)C)N(C)C. The lowest BCUT2D eigenvalue weighted by Gasteiger charge is -2.25. The topological polar surface area (TPSA) is 12.5 Å². The number of nitrogens with zero attached hydrogens (tertiary/aromatic N) is 1. The molecule has 0 rings (SSSR count). The number of allylic oxidation sites excluding steroid dienone is 1. The van der Waals surface area contributed by atoms with Crippen LogP contribution in [0.25, 0.3) is 0 Å². The van der Waals surface area contributed by atoms with E-state index in [-0.39, 0.29) is 5.41 Å². The smallest absolute Gasteiger partial charge is 0.187 e. The Kier molecular flexibility index (Phi) is 4.31. The highest BCUT2D eigenvalue weighted by molar-refractivity contribution is 5.00. The summed E-state index contributed by atoms with van der Waals surface area (Å²) < 4.78 is 5.73. The predicted molar refractivity (Wildman–Crippen MR) is 57.5 cm³/mol. The van der Waals surface area contributed by atoms with Crippen molar-refractivity contribution in [1.29, 1.82) is 0 Å². The van der Waals surface area contributed by atoms with Crippen LogP contribution >= 0.6 is 0 Å². The largest absolute Gasteiger partial charge is 0.479 e. The van der Waals surface area contributed by atoms with Gasteiger partial charge in [-0.05, 0) is 24.8 Å². The van der Waals surface area contributed by atoms with Crippen molar-refractivity contribution in [3.63, 3.8) is 0 Å². The van der Waals surface area contributed by atoms with Gasteiger partial charge in [-0.1, -0.05) is 20.8 Å². The summed E-state index contributed by atoms with van der Waals surface area (Å²) in [5, 5.41) is 0. The molecule has 0 amide bonds. The summed E-state index contributed by atoms with van der Waals surface area (Å²) in [7, 11) is 4.01. The third-order valence-corrected chi connectivity index (χ3v) is 1.48. The van der Waals surface area contributed by atoms with Crippen LogP contribution in [0, 0.1) is 5.41 Å². The summed E-state index contributed by atoms with van der Waals surface area (Å²) in [6, 6.07) is 0. The third-order valence-electron chi connectivity index (χ3n) is 1.48. The quantitative estimate of drug-likeness (QED) is 0.627. The minimum absolute atomic E-state index is 0.219. The van der Waals surface area contributed by atoms with Gasteiger partial charge in [-0.3, -0.25) is 0 Å². The first-order valence-corrected chi connectivity index (χ1v) is 4.71. The molecule has 2 heteroatoms. The Morgan fingerprint density at radius 2 is 1.62 bits per heavy atom. The van der Waals surface area contributed by atoms with Gasteiger partial charge >= 0.3 is 0 Å². The average molecular weight is 185 g/mol. The van der Waals surface area contributed by atoms with E-state index in [9.17, 15) is 0 Å². The molecule has 78 valence electrons. The maximum absolute atomic E-state index is 5.73. The van der Waals surface area contributed by atoms with Crippen molar-refractivity contribution in [2.24, 2.45) is 5.41 Å². The van der Waals surface area contributed by atoms with Crippen molar-refractivity contribution < 1.29 is 4.74 Å². The van der Waals surface area contributed by atoms with E-state index in [0.717, 1.165) is 12.5 Å². The van der Waals surface area contributed by atoms with E-state index < -0.39 is 0 Å². The molecule has 0 fully saturated rings. The second-order valence-corrected chi connectivity index (χ2v) is 5.05. The summed E-state index contributed by atoms with van der Waals surface area (Å²) in [6.45, 7) is 11.4. The standard InChI is InChI=1S/C11H23NO/c1-9(2)10(12(6)7)13-8-11(3,4)5/h8H2,1-7H3. The summed E-state index contributed by atoms with van der Waals surface area (Å²) in [5.74, 6) is 0.981. The fraction of sp³-hybridized carbons (Fsp3) is 0.818. The molecule has 0 saturated heterocycles. The van der Waals surface area contributed by atoms with Crippen molar-refractivity contribution in [3.8, 4) is 0 Å². The fourth-order valence-electron chi connectivity index (χ4n) is 1.01. The minimum Gasteiger partial charge on any atom is -0.479 e. The highest BCUT2D eigenvalue weighted by Crippen LogP contribution is 2.17. The Labute approximate surface area is 82.6 Å². The number of hydrogen-bond donors (Lipinski definition) is 0. The lowest BCUT2D eigenvalue weighted by molar-refractivity contribution is 0.0799. The number of ether oxygens (including phenoxy) is 1. The monoisotopic (exact) mass is 185 g/mol. The van der Waals surface area contributed by atoms with Gasteiger partial charge in [0, 0.05) is 14.1 Å². The third kappa shape index (κ3) is 5.56. The summed E-state index contributed by atoms with van der Waals surface area (Å²) in [4.78, 5) is 2.01. The van der Waals surface area contributed by atoms with Gasteiger partial charge in [0.25, 0.3) is 0 Å². The van der Waals surface area contributed by atoms with Crippen molar-refractivity contribution in [2.45, 2.75) is 34.6 Å². The molecule has 13 heavy (non-hydrogen) atoms. The van der Waals surface area contributed by atoms with Gasteiger partial charge in [-0.15, -0.1) is 0 Å². The first-order valence-electron chi connectivity index (χ1n) is 4.71. The summed E-state index contributed by atoms with van der Waals surface area (Å²) in [6.07, 6.45) is 0. The van der Waals surface area contributed by atoms with E-state index in [0.29, 0.717) is 0 Å². The molecule has 0 heterocycles. The fourth-order valence-corrected chi connectivity index (χ4v) is 1.01. The van der Waals surface area contributed by atoms with Gasteiger partial charge in [-0.2, -0.15) is 0 Å². The van der Waals surface area contributed by atoms with Crippen LogP contribution in [-0.4, -0.2) is 25.6 Å². The molecule has 0 bridgehead atoms. The predicted octanol–water partition coefficient (Wildman–Crippen LogP) is 2.86. The number of rotatable bonds is 3. The van der Waals surface area contributed by atoms with Crippen molar-refractivity contribution in [1.82, 2.24) is 4.90 Å². The van der Waals surface area contributed by atoms with Gasteiger partial charge in [-0.25, -0.2) is 0 Å². The van der Waals surface area contributed by atoms with Gasteiger partial charge in [0.15, 0.2) is 5.88 Å². The summed E-state index contributed by atoms with van der Waals surface area (Å²) >= 11 is 0. The van der Waals surface area contributed by atoms with Gasteiger partial charge in [0.1, 0.15) is 0 Å². The average Bonchev–Trinajstić information content (AvgIpc) is 1.82. The van der Waals surface area contributed by atoms with Crippen LogP contribution in [0.1, 0.15) is 34.6 Å². The zero-order valence-corrected chi connectivity index (χ0v) is 10.1. The maximum Gasteiger partial charge on any atom is 0.187 e. The first kappa shape index (κ1) is 12.3. The molecule has 0 aromatic heterocycles. The van der Waals surface area contributed by atoms with E-state index in [1.165, 1.54) is 5.57 Å². The van der Waals surface area contributed by atoms with Crippen molar-refractivity contribution in [3.05, 3.63) is 11.5 Å². The van der Waals surface area contributed by atoms with Crippen LogP contribution < -0.4 is 0 Å². The second kappa shape index (κ2) is 4.54. The molecule has 0 aliphatic heterocycles. The molecular formula is C11H23NO. The van der Waals surface area contributed by atoms with E-state index in [2.05, 4.69) is 34.6 Å². The Morgan fingerprint density at radius 3 is 1.85 bits per heavy atom. The van der Waals surface area contributed by atoms with Crippen LogP contribution in [0.3, 0.4) is 0 Å². The Balaban J connectivity index is 4.24. The highest BCUT2D eigenvalue weighted by atomic mass is 16.5. The Bertz CT molecular complexity index is 183. The molecule has 0 saturated carbocycles. The van der Waals surface area contributed by atoms with Gasteiger partial charge < -0.3 is 9.64 Å². The lowest BCUT2D eigenvalue weighted by Crippen LogP contribution is -2.21. The molecule has 0 aliphatic carbocycles. The van der Waals surface area contributed by atoms with E-state index >= 15 is 0 Å². The normalized spacial score (nSPS) is 11.0. The summed E-state index contributed by atoms with van der Waals surface area (Å²) in [5.41, 5.74) is 1.44. The van der Waals surface area contributed by atoms with E-state index in [4.69, 9.17) is 4.74 Å². The maximum atomic E-state index is 5.73. The zero-order valence-electron chi connectivity index (χ0n) is 10.1. The molecule has 0 unspecified atom stereocenters. The van der Waals surface area contributed by atoms with Crippen LogP contribution in [-0.2, 0) is 4.74 Å². The zero-order chi connectivity index (χ0) is 10.6. The Morgan fingerprint density at radius 1 is 1.15 bits per heavy atom. The molecule has 0 N–H and O–H groups in total. The molecule has 0 spiro atoms. The van der Waals surface area contributed by atoms with Crippen LogP contribution in [0.5, 0.6) is 0 Å². The molecule has 2 nitrogen and oxygen atoms in total. The van der Waals surface area contributed by atoms with Gasteiger partial charge in [0.2, 0.25) is 0 Å². The van der Waals surface area contributed by atoms with Crippen LogP contribution in [0.4, 0.5) is 0 Å². The molecule has 0 aliphatic rings. The first-order chi connectivity index (χ1) is 5.74. The van der Waals surface area contributed by atoms with E-state index in [1.54, 1.807) is 0 Å². The second-order valence-electron chi connectivity index (χ2n) is 5.05. The lowest BCUT2D eigenvalue weighted by atomic mass is 9.99.